The molecule has 1 saturated heterocycles. The van der Waals surface area contributed by atoms with Gasteiger partial charge in [0, 0.05) is 0 Å². The van der Waals surface area contributed by atoms with E-state index in [9.17, 15) is 0 Å². The van der Waals surface area contributed by atoms with Crippen molar-refractivity contribution >= 4 is 0 Å². The Morgan fingerprint density at radius 1 is 1.38 bits per heavy atom. The molecule has 1 aliphatic rings. The van der Waals surface area contributed by atoms with Gasteiger partial charge in [-0.05, 0) is 17.7 Å². The Hall–Kier alpha value is -1.32. The van der Waals surface area contributed by atoms with Crippen LogP contribution in [0.15, 0.2) is 36.9 Å². The molecule has 2 atom stereocenters. The Morgan fingerprint density at radius 3 is 2.69 bits per heavy atom. The van der Waals surface area contributed by atoms with Gasteiger partial charge in [-0.3, -0.25) is 0 Å². The molecule has 1 aliphatic heterocycles. The van der Waals surface area contributed by atoms with E-state index in [1.807, 2.05) is 24.3 Å². The molecule has 1 aromatic carbocycles. The highest BCUT2D eigenvalue weighted by atomic mass is 16.6. The monoisotopic (exact) mass is 220 g/mol. The third kappa shape index (κ3) is 2.84. The lowest BCUT2D eigenvalue weighted by atomic mass is 10.2. The van der Waals surface area contributed by atoms with Crippen LogP contribution in [-0.2, 0) is 16.1 Å². The molecular weight excluding hydrogens is 204 g/mol. The summed E-state index contributed by atoms with van der Waals surface area (Å²) in [5, 5.41) is 0. The highest BCUT2D eigenvalue weighted by Crippen LogP contribution is 2.23. The first-order valence-corrected chi connectivity index (χ1v) is 5.32. The van der Waals surface area contributed by atoms with Crippen molar-refractivity contribution < 1.29 is 14.2 Å². The summed E-state index contributed by atoms with van der Waals surface area (Å²) in [6, 6.07) is 7.85. The SMILES string of the molecule is C=C[C@H]1O[C@@H]1COCc1ccc(OC)cc1. The molecule has 0 spiro atoms. The maximum absolute atomic E-state index is 5.54. The molecule has 1 aromatic rings. The van der Waals surface area contributed by atoms with Gasteiger partial charge in [0.15, 0.2) is 0 Å². The van der Waals surface area contributed by atoms with Gasteiger partial charge in [0.1, 0.15) is 18.0 Å². The van der Waals surface area contributed by atoms with E-state index in [0.717, 1.165) is 11.3 Å². The van der Waals surface area contributed by atoms with Gasteiger partial charge in [-0.1, -0.05) is 18.2 Å². The lowest BCUT2D eigenvalue weighted by Gasteiger charge is -2.04. The molecule has 0 aliphatic carbocycles. The largest absolute Gasteiger partial charge is 0.497 e. The number of hydrogen-bond donors (Lipinski definition) is 0. The van der Waals surface area contributed by atoms with Crippen LogP contribution in [0.1, 0.15) is 5.56 Å². The van der Waals surface area contributed by atoms with E-state index in [1.165, 1.54) is 0 Å². The molecule has 3 heteroatoms. The Balaban J connectivity index is 1.71. The van der Waals surface area contributed by atoms with Crippen molar-refractivity contribution in [2.75, 3.05) is 13.7 Å². The van der Waals surface area contributed by atoms with Crippen LogP contribution in [0.2, 0.25) is 0 Å². The summed E-state index contributed by atoms with van der Waals surface area (Å²) < 4.78 is 15.9. The summed E-state index contributed by atoms with van der Waals surface area (Å²) >= 11 is 0. The molecule has 1 heterocycles. The van der Waals surface area contributed by atoms with E-state index in [1.54, 1.807) is 13.2 Å². The fourth-order valence-corrected chi connectivity index (χ4v) is 1.51. The highest BCUT2D eigenvalue weighted by Gasteiger charge is 2.35. The van der Waals surface area contributed by atoms with Gasteiger partial charge >= 0.3 is 0 Å². The zero-order valence-corrected chi connectivity index (χ0v) is 9.39. The minimum atomic E-state index is 0.191. The van der Waals surface area contributed by atoms with Gasteiger partial charge in [-0.2, -0.15) is 0 Å². The van der Waals surface area contributed by atoms with E-state index in [-0.39, 0.29) is 12.2 Å². The van der Waals surface area contributed by atoms with Crippen molar-refractivity contribution in [1.82, 2.24) is 0 Å². The molecule has 0 unspecified atom stereocenters. The molecule has 0 N–H and O–H groups in total. The van der Waals surface area contributed by atoms with Gasteiger partial charge in [-0.25, -0.2) is 0 Å². The van der Waals surface area contributed by atoms with Gasteiger partial charge in [0.25, 0.3) is 0 Å². The second-order valence-corrected chi connectivity index (χ2v) is 3.74. The number of epoxide rings is 1. The fourth-order valence-electron chi connectivity index (χ4n) is 1.51. The summed E-state index contributed by atoms with van der Waals surface area (Å²) in [4.78, 5) is 0. The quantitative estimate of drug-likeness (QED) is 0.544. The average Bonchev–Trinajstić information content (AvgIpc) is 3.09. The Kier molecular flexibility index (Phi) is 3.59. The number of methoxy groups -OCH3 is 1. The lowest BCUT2D eigenvalue weighted by molar-refractivity contribution is 0.104. The maximum atomic E-state index is 5.54. The molecule has 86 valence electrons. The van der Waals surface area contributed by atoms with E-state index in [0.29, 0.717) is 13.2 Å². The fraction of sp³-hybridized carbons (Fsp3) is 0.385. The lowest BCUT2D eigenvalue weighted by Crippen LogP contribution is -2.03. The van der Waals surface area contributed by atoms with Crippen molar-refractivity contribution in [3.8, 4) is 5.75 Å². The molecule has 3 nitrogen and oxygen atoms in total. The second-order valence-electron chi connectivity index (χ2n) is 3.74. The summed E-state index contributed by atoms with van der Waals surface area (Å²) in [6.07, 6.45) is 2.20. The first-order valence-electron chi connectivity index (χ1n) is 5.32. The van der Waals surface area contributed by atoms with Crippen LogP contribution in [-0.4, -0.2) is 25.9 Å². The average molecular weight is 220 g/mol. The molecule has 0 amide bonds. The predicted molar refractivity (Wildman–Crippen MR) is 61.5 cm³/mol. The Labute approximate surface area is 95.6 Å². The predicted octanol–water partition coefficient (Wildman–Crippen LogP) is 2.17. The van der Waals surface area contributed by atoms with Gasteiger partial charge in [0.05, 0.1) is 20.3 Å². The molecule has 0 aromatic heterocycles. The molecule has 2 rings (SSSR count). The Morgan fingerprint density at radius 2 is 2.12 bits per heavy atom. The van der Waals surface area contributed by atoms with Gasteiger partial charge in [-0.15, -0.1) is 6.58 Å². The van der Waals surface area contributed by atoms with Crippen LogP contribution in [0, 0.1) is 0 Å². The summed E-state index contributed by atoms with van der Waals surface area (Å²) in [6.45, 7) is 4.90. The summed E-state index contributed by atoms with van der Waals surface area (Å²) in [5.74, 6) is 0.862. The zero-order chi connectivity index (χ0) is 11.4. The van der Waals surface area contributed by atoms with E-state index >= 15 is 0 Å². The van der Waals surface area contributed by atoms with Gasteiger partial charge < -0.3 is 14.2 Å². The van der Waals surface area contributed by atoms with Crippen molar-refractivity contribution in [2.45, 2.75) is 18.8 Å². The number of rotatable bonds is 6. The second kappa shape index (κ2) is 5.14. The van der Waals surface area contributed by atoms with Crippen molar-refractivity contribution in [3.05, 3.63) is 42.5 Å². The van der Waals surface area contributed by atoms with E-state index in [4.69, 9.17) is 14.2 Å². The molecule has 0 radical (unpaired) electrons. The number of ether oxygens (including phenoxy) is 3. The molecule has 0 bridgehead atoms. The molecule has 16 heavy (non-hydrogen) atoms. The topological polar surface area (TPSA) is 31.0 Å². The van der Waals surface area contributed by atoms with Crippen molar-refractivity contribution in [2.24, 2.45) is 0 Å². The number of hydrogen-bond acceptors (Lipinski definition) is 3. The van der Waals surface area contributed by atoms with Crippen LogP contribution < -0.4 is 4.74 Å². The third-order valence-electron chi connectivity index (χ3n) is 2.56. The first-order chi connectivity index (χ1) is 7.83. The van der Waals surface area contributed by atoms with E-state index < -0.39 is 0 Å². The third-order valence-corrected chi connectivity index (χ3v) is 2.56. The summed E-state index contributed by atoms with van der Waals surface area (Å²) in [5.41, 5.74) is 1.14. The minimum absolute atomic E-state index is 0.191. The van der Waals surface area contributed by atoms with Crippen molar-refractivity contribution in [3.63, 3.8) is 0 Å². The molecule has 1 fully saturated rings. The zero-order valence-electron chi connectivity index (χ0n) is 9.39. The van der Waals surface area contributed by atoms with Crippen molar-refractivity contribution in [1.29, 1.82) is 0 Å². The van der Waals surface area contributed by atoms with Crippen LogP contribution >= 0.6 is 0 Å². The Bertz CT molecular complexity index is 345. The first kappa shape index (κ1) is 11.2. The van der Waals surface area contributed by atoms with Crippen LogP contribution in [0.3, 0.4) is 0 Å². The highest BCUT2D eigenvalue weighted by molar-refractivity contribution is 5.26. The van der Waals surface area contributed by atoms with Gasteiger partial charge in [0.2, 0.25) is 0 Å². The molecular formula is C13H16O3. The standard InChI is InChI=1S/C13H16O3/c1-3-12-13(16-12)9-15-8-10-4-6-11(14-2)7-5-10/h3-7,12-13H,1,8-9H2,2H3/t12-,13-/m1/s1. The smallest absolute Gasteiger partial charge is 0.118 e. The normalized spacial score (nSPS) is 22.8. The maximum Gasteiger partial charge on any atom is 0.118 e. The number of benzene rings is 1. The van der Waals surface area contributed by atoms with Crippen LogP contribution in [0.5, 0.6) is 5.75 Å². The summed E-state index contributed by atoms with van der Waals surface area (Å²) in [7, 11) is 1.66. The van der Waals surface area contributed by atoms with Crippen LogP contribution in [0.4, 0.5) is 0 Å². The molecule has 0 saturated carbocycles. The van der Waals surface area contributed by atoms with Crippen LogP contribution in [0.25, 0.3) is 0 Å². The van der Waals surface area contributed by atoms with E-state index in [2.05, 4.69) is 6.58 Å². The minimum Gasteiger partial charge on any atom is -0.497 e.